The molecule has 0 atom stereocenters. The smallest absolute Gasteiger partial charge is 0.254 e. The fraction of sp³-hybridized carbons (Fsp3) is 0.917. The zero-order chi connectivity index (χ0) is 12.8. The van der Waals surface area contributed by atoms with Crippen LogP contribution in [0.5, 0.6) is 0 Å². The molecule has 1 N–H and O–H groups in total. The van der Waals surface area contributed by atoms with E-state index in [4.69, 9.17) is 4.74 Å². The van der Waals surface area contributed by atoms with Gasteiger partial charge in [0.1, 0.15) is 5.60 Å². The highest BCUT2D eigenvalue weighted by Crippen LogP contribution is 2.15. The van der Waals surface area contributed by atoms with Crippen molar-refractivity contribution in [3.05, 3.63) is 0 Å². The molecule has 0 spiro atoms. The van der Waals surface area contributed by atoms with Crippen molar-refractivity contribution in [1.82, 2.24) is 4.90 Å². The maximum Gasteiger partial charge on any atom is 0.254 e. The second kappa shape index (κ2) is 6.86. The molecule has 0 rings (SSSR count). The van der Waals surface area contributed by atoms with Gasteiger partial charge in [0.15, 0.2) is 0 Å². The van der Waals surface area contributed by atoms with Gasteiger partial charge < -0.3 is 14.7 Å². The third kappa shape index (κ3) is 4.49. The van der Waals surface area contributed by atoms with Gasteiger partial charge in [-0.15, -0.1) is 0 Å². The van der Waals surface area contributed by atoms with E-state index < -0.39 is 5.60 Å². The Morgan fingerprint density at radius 2 is 1.88 bits per heavy atom. The fourth-order valence-electron chi connectivity index (χ4n) is 1.72. The van der Waals surface area contributed by atoms with Crippen LogP contribution in [0.2, 0.25) is 0 Å². The number of carbonyl (C=O) groups is 1. The van der Waals surface area contributed by atoms with Crippen LogP contribution in [0.3, 0.4) is 0 Å². The molecule has 0 aliphatic rings. The molecular formula is C12H25NO3. The summed E-state index contributed by atoms with van der Waals surface area (Å²) in [6.45, 7) is 8.18. The molecule has 0 aliphatic carbocycles. The molecule has 0 unspecified atom stereocenters. The molecule has 0 aromatic heterocycles. The van der Waals surface area contributed by atoms with Gasteiger partial charge in [0.25, 0.3) is 5.91 Å². The van der Waals surface area contributed by atoms with Crippen molar-refractivity contribution in [2.24, 2.45) is 0 Å². The normalized spacial score (nSPS) is 11.9. The van der Waals surface area contributed by atoms with Gasteiger partial charge in [-0.25, -0.2) is 0 Å². The molecular weight excluding hydrogens is 206 g/mol. The minimum absolute atomic E-state index is 0.175. The Kier molecular flexibility index (Phi) is 6.60. The molecule has 1 amide bonds. The highest BCUT2D eigenvalue weighted by Gasteiger charge is 2.32. The summed E-state index contributed by atoms with van der Waals surface area (Å²) in [4.78, 5) is 13.8. The van der Waals surface area contributed by atoms with Gasteiger partial charge in [-0.05, 0) is 26.7 Å². The lowest BCUT2D eigenvalue weighted by Crippen LogP contribution is -2.50. The van der Waals surface area contributed by atoms with Crippen LogP contribution in [-0.2, 0) is 9.53 Å². The standard InChI is InChI=1S/C12H25NO3/c1-6-10(7-2)13(8-9-16-5)11(14)12(3,4)15/h10,15H,6-9H2,1-5H3. The van der Waals surface area contributed by atoms with Crippen LogP contribution < -0.4 is 0 Å². The largest absolute Gasteiger partial charge is 0.383 e. The summed E-state index contributed by atoms with van der Waals surface area (Å²) in [5.41, 5.74) is -1.31. The molecule has 4 nitrogen and oxygen atoms in total. The van der Waals surface area contributed by atoms with Crippen molar-refractivity contribution in [1.29, 1.82) is 0 Å². The number of hydrogen-bond acceptors (Lipinski definition) is 3. The second-order valence-corrected chi connectivity index (χ2v) is 4.52. The average Bonchev–Trinajstić information content (AvgIpc) is 2.22. The Bertz CT molecular complexity index is 207. The number of hydrogen-bond donors (Lipinski definition) is 1. The summed E-state index contributed by atoms with van der Waals surface area (Å²) in [5.74, 6) is -0.224. The van der Waals surface area contributed by atoms with E-state index in [0.29, 0.717) is 13.2 Å². The Balaban J connectivity index is 4.71. The molecule has 0 aromatic rings. The van der Waals surface area contributed by atoms with Crippen molar-refractivity contribution in [3.63, 3.8) is 0 Å². The molecule has 0 bridgehead atoms. The molecule has 0 aromatic carbocycles. The second-order valence-electron chi connectivity index (χ2n) is 4.52. The van der Waals surface area contributed by atoms with Crippen molar-refractivity contribution in [2.75, 3.05) is 20.3 Å². The molecule has 0 aliphatic heterocycles. The SMILES string of the molecule is CCC(CC)N(CCOC)C(=O)C(C)(C)O. The van der Waals surface area contributed by atoms with Crippen molar-refractivity contribution in [3.8, 4) is 0 Å². The lowest BCUT2D eigenvalue weighted by Gasteiger charge is -2.34. The van der Waals surface area contributed by atoms with Crippen LogP contribution in [0.4, 0.5) is 0 Å². The predicted octanol–water partition coefficient (Wildman–Crippen LogP) is 1.42. The number of amides is 1. The summed E-state index contributed by atoms with van der Waals surface area (Å²) >= 11 is 0. The third-order valence-electron chi connectivity index (χ3n) is 2.70. The number of ether oxygens (including phenoxy) is 1. The number of methoxy groups -OCH3 is 1. The molecule has 0 radical (unpaired) electrons. The Morgan fingerprint density at radius 3 is 2.19 bits per heavy atom. The van der Waals surface area contributed by atoms with Crippen molar-refractivity contribution < 1.29 is 14.6 Å². The Labute approximate surface area is 98.6 Å². The van der Waals surface area contributed by atoms with Gasteiger partial charge in [0, 0.05) is 19.7 Å². The Hall–Kier alpha value is -0.610. The molecule has 4 heteroatoms. The molecule has 0 heterocycles. The van der Waals surface area contributed by atoms with Gasteiger partial charge in [-0.3, -0.25) is 4.79 Å². The van der Waals surface area contributed by atoms with E-state index in [2.05, 4.69) is 0 Å². The van der Waals surface area contributed by atoms with Gasteiger partial charge in [0.2, 0.25) is 0 Å². The summed E-state index contributed by atoms with van der Waals surface area (Å²) in [7, 11) is 1.61. The highest BCUT2D eigenvalue weighted by molar-refractivity contribution is 5.84. The fourth-order valence-corrected chi connectivity index (χ4v) is 1.72. The van der Waals surface area contributed by atoms with Gasteiger partial charge in [-0.2, -0.15) is 0 Å². The summed E-state index contributed by atoms with van der Waals surface area (Å²) in [6, 6.07) is 0.175. The van der Waals surface area contributed by atoms with E-state index in [-0.39, 0.29) is 11.9 Å². The third-order valence-corrected chi connectivity index (χ3v) is 2.70. The van der Waals surface area contributed by atoms with Gasteiger partial charge in [0.05, 0.1) is 6.61 Å². The number of nitrogens with zero attached hydrogens (tertiary/aromatic N) is 1. The van der Waals surface area contributed by atoms with Gasteiger partial charge >= 0.3 is 0 Å². The summed E-state index contributed by atoms with van der Waals surface area (Å²) < 4.78 is 5.00. The topological polar surface area (TPSA) is 49.8 Å². The van der Waals surface area contributed by atoms with Crippen LogP contribution in [0.15, 0.2) is 0 Å². The molecule has 0 saturated heterocycles. The molecule has 0 fully saturated rings. The van der Waals surface area contributed by atoms with E-state index in [1.54, 1.807) is 12.0 Å². The van der Waals surface area contributed by atoms with E-state index in [0.717, 1.165) is 12.8 Å². The Morgan fingerprint density at radius 1 is 1.38 bits per heavy atom. The monoisotopic (exact) mass is 231 g/mol. The van der Waals surface area contributed by atoms with Gasteiger partial charge in [-0.1, -0.05) is 13.8 Å². The first-order valence-corrected chi connectivity index (χ1v) is 5.90. The highest BCUT2D eigenvalue weighted by atomic mass is 16.5. The zero-order valence-electron chi connectivity index (χ0n) is 11.1. The zero-order valence-corrected chi connectivity index (χ0v) is 11.1. The van der Waals surface area contributed by atoms with Crippen LogP contribution in [0.1, 0.15) is 40.5 Å². The minimum Gasteiger partial charge on any atom is -0.383 e. The quantitative estimate of drug-likeness (QED) is 0.721. The van der Waals surface area contributed by atoms with Crippen LogP contribution in [0, 0.1) is 0 Å². The first-order chi connectivity index (χ1) is 7.38. The van der Waals surface area contributed by atoms with E-state index in [1.165, 1.54) is 13.8 Å². The van der Waals surface area contributed by atoms with E-state index in [1.807, 2.05) is 13.8 Å². The number of aliphatic hydroxyl groups is 1. The van der Waals surface area contributed by atoms with Crippen molar-refractivity contribution >= 4 is 5.91 Å². The summed E-state index contributed by atoms with van der Waals surface area (Å²) in [6.07, 6.45) is 1.78. The van der Waals surface area contributed by atoms with Crippen LogP contribution in [0.25, 0.3) is 0 Å². The molecule has 0 saturated carbocycles. The van der Waals surface area contributed by atoms with Crippen LogP contribution in [-0.4, -0.2) is 47.8 Å². The predicted molar refractivity (Wildman–Crippen MR) is 64.3 cm³/mol. The van der Waals surface area contributed by atoms with Crippen LogP contribution >= 0.6 is 0 Å². The van der Waals surface area contributed by atoms with E-state index >= 15 is 0 Å². The minimum atomic E-state index is -1.31. The number of carbonyl (C=O) groups excluding carboxylic acids is 1. The maximum atomic E-state index is 12.1. The lowest BCUT2D eigenvalue weighted by molar-refractivity contribution is -0.151. The molecule has 16 heavy (non-hydrogen) atoms. The average molecular weight is 231 g/mol. The maximum absolute atomic E-state index is 12.1. The lowest BCUT2D eigenvalue weighted by atomic mass is 10.0. The first kappa shape index (κ1) is 15.4. The summed E-state index contributed by atoms with van der Waals surface area (Å²) in [5, 5.41) is 9.76. The first-order valence-electron chi connectivity index (χ1n) is 5.90. The molecule has 96 valence electrons. The number of rotatable bonds is 7. The van der Waals surface area contributed by atoms with Crippen molar-refractivity contribution in [2.45, 2.75) is 52.2 Å². The van der Waals surface area contributed by atoms with E-state index in [9.17, 15) is 9.90 Å².